The molecular weight excluding hydrogens is 1100 g/mol. The van der Waals surface area contributed by atoms with Crippen molar-refractivity contribution in [2.24, 2.45) is 5.11 Å². The van der Waals surface area contributed by atoms with E-state index in [2.05, 4.69) is 140 Å². The van der Waals surface area contributed by atoms with Crippen molar-refractivity contribution in [2.75, 3.05) is 25.0 Å². The predicted molar refractivity (Wildman–Crippen MR) is 314 cm³/mol. The monoisotopic (exact) mass is 1170 g/mol. The van der Waals surface area contributed by atoms with Gasteiger partial charge >= 0.3 is 41.7 Å². The molecule has 0 bridgehead atoms. The van der Waals surface area contributed by atoms with Crippen molar-refractivity contribution in [1.29, 1.82) is 0 Å². The van der Waals surface area contributed by atoms with E-state index in [1.165, 1.54) is 16.7 Å². The maximum atomic E-state index is 13.2. The van der Waals surface area contributed by atoms with Crippen LogP contribution >= 0.6 is 15.9 Å². The van der Waals surface area contributed by atoms with Crippen LogP contribution in [-0.4, -0.2) is 111 Å². The van der Waals surface area contributed by atoms with Gasteiger partial charge in [-0.1, -0.05) is 198 Å². The molecule has 2 aliphatic heterocycles. The van der Waals surface area contributed by atoms with Gasteiger partial charge in [0.25, 0.3) is 16.6 Å². The van der Waals surface area contributed by atoms with Gasteiger partial charge in [-0.25, -0.2) is 9.59 Å². The Labute approximate surface area is 495 Å². The number of amides is 2. The molecule has 16 nitrogen and oxygen atoms in total. The van der Waals surface area contributed by atoms with E-state index in [0.717, 1.165) is 38.9 Å². The number of carbonyl (C=O) groups is 4. The predicted octanol–water partition coefficient (Wildman–Crippen LogP) is 9.16. The smallest absolute Gasteiger partial charge is 0.438 e. The summed E-state index contributed by atoms with van der Waals surface area (Å²) in [6.45, 7) is 25.3. The molecule has 2 amide bonds. The zero-order chi connectivity index (χ0) is 57.2. The van der Waals surface area contributed by atoms with Crippen LogP contribution in [0.2, 0.25) is 10.1 Å². The van der Waals surface area contributed by atoms with E-state index in [0.29, 0.717) is 45.3 Å². The van der Waals surface area contributed by atoms with Crippen LogP contribution in [0, 0.1) is 0 Å². The van der Waals surface area contributed by atoms with Gasteiger partial charge in [0.15, 0.2) is 22.8 Å². The van der Waals surface area contributed by atoms with E-state index in [9.17, 15) is 19.2 Å². The molecule has 0 aliphatic carbocycles. The second-order valence-electron chi connectivity index (χ2n) is 22.0. The average molecular weight is 1180 g/mol. The molecular formula is C58H80BrN8NaO8Si2. The quantitative estimate of drug-likeness (QED) is 0.0174. The van der Waals surface area contributed by atoms with E-state index in [-0.39, 0.29) is 51.2 Å². The number of hydrogen-bond donors (Lipinski definition) is 0. The number of halogens is 1. The van der Waals surface area contributed by atoms with Gasteiger partial charge in [0.05, 0.1) is 12.2 Å². The van der Waals surface area contributed by atoms with Crippen LogP contribution < -0.4 is 50.3 Å². The molecule has 2 saturated heterocycles. The summed E-state index contributed by atoms with van der Waals surface area (Å²) >= 11 is 3.45. The number of ketones is 2. The number of rotatable bonds is 23. The summed E-state index contributed by atoms with van der Waals surface area (Å²) in [5.74, 6) is -0.218. The number of cyclic esters (lactones) is 2. The van der Waals surface area contributed by atoms with Crippen LogP contribution in [0.5, 0.6) is 0 Å². The Kier molecular flexibility index (Phi) is 26.1. The van der Waals surface area contributed by atoms with Crippen LogP contribution in [0.3, 0.4) is 0 Å². The number of ether oxygens (including phenoxy) is 2. The van der Waals surface area contributed by atoms with Gasteiger partial charge in [-0.15, -0.1) is 0 Å². The van der Waals surface area contributed by atoms with E-state index >= 15 is 0 Å². The third kappa shape index (κ3) is 15.0. The number of azide groups is 1. The second-order valence-corrected chi connectivity index (χ2v) is 31.3. The Morgan fingerprint density at radius 2 is 0.910 bits per heavy atom. The number of Topliss-reactive ketones (excluding diaryl/α,β-unsaturated/α-hetero) is 2. The molecule has 20 heteroatoms. The fraction of sp³-hybridized carbons (Fsp3) is 0.517. The maximum absolute atomic E-state index is 13.2. The van der Waals surface area contributed by atoms with Crippen LogP contribution in [0.4, 0.5) is 9.59 Å². The van der Waals surface area contributed by atoms with Gasteiger partial charge < -0.3 is 29.4 Å². The minimum Gasteiger partial charge on any atom is -0.438 e. The standard InChI is InChI=1S/C29H40BrNO4Si.C29H40N4O4Si.N3.Na/c1-7-25(29(6)26(22(2)32)31(27(33)34-29)21-15-14-20-30)35-36(28(3,4)5,23-16-10-8-11-17-23)24-18-12-9-13-19-24;1-7-25(29(6)26(22(2)34)33(27(35)36-29)21-15-14-20-31-32-30)37-38(28(3,4)5,23-16-10-8-11-17-23)24-18-12-9-13-19-24;1-3-2;/h8-13,16-19,25-26H,7,14-15,20-21H2,1-6H3;8-13,16-19,25-26H,7,14-15,20-21H2,1-6H3;;/q;;-1;+1/t2*25-,26-,29-;;/m11../s1. The number of alkyl halides is 1. The summed E-state index contributed by atoms with van der Waals surface area (Å²) in [5, 5.41) is 8.48. The number of benzene rings is 4. The molecule has 2 fully saturated rings. The molecule has 0 radical (unpaired) electrons. The summed E-state index contributed by atoms with van der Waals surface area (Å²) in [6.07, 6.45) is 2.15. The van der Waals surface area contributed by atoms with Gasteiger partial charge in [-0.3, -0.25) is 24.3 Å². The first-order chi connectivity index (χ1) is 36.5. The molecule has 4 aromatic carbocycles. The third-order valence-corrected chi connectivity index (χ3v) is 25.5. The molecule has 0 unspecified atom stereocenters. The molecule has 78 heavy (non-hydrogen) atoms. The first-order valence-corrected chi connectivity index (χ1v) is 31.5. The van der Waals surface area contributed by atoms with Gasteiger partial charge in [0.2, 0.25) is 0 Å². The fourth-order valence-electron chi connectivity index (χ4n) is 11.5. The zero-order valence-electron chi connectivity index (χ0n) is 48.1. The van der Waals surface area contributed by atoms with Crippen molar-refractivity contribution in [1.82, 2.24) is 9.80 Å². The summed E-state index contributed by atoms with van der Waals surface area (Å²) in [4.78, 5) is 59.8. The molecule has 0 spiro atoms. The molecule has 0 N–H and O–H groups in total. The second kappa shape index (κ2) is 30.1. The Morgan fingerprint density at radius 1 is 0.615 bits per heavy atom. The van der Waals surface area contributed by atoms with Gasteiger partial charge in [-0.2, -0.15) is 0 Å². The average Bonchev–Trinajstić information content (AvgIpc) is 3.82. The van der Waals surface area contributed by atoms with E-state index < -0.39 is 64.3 Å². The molecule has 4 aromatic rings. The van der Waals surface area contributed by atoms with Crippen molar-refractivity contribution >= 4 is 77.1 Å². The number of unbranched alkanes of at least 4 members (excludes halogenated alkanes) is 2. The van der Waals surface area contributed by atoms with Gasteiger partial charge in [-0.05, 0) is 103 Å². The molecule has 0 aromatic heterocycles. The van der Waals surface area contributed by atoms with Crippen LogP contribution in [0.1, 0.15) is 122 Å². The van der Waals surface area contributed by atoms with Crippen molar-refractivity contribution in [3.8, 4) is 0 Å². The summed E-state index contributed by atoms with van der Waals surface area (Å²) < 4.78 is 26.9. The van der Waals surface area contributed by atoms with Gasteiger partial charge in [0, 0.05) is 29.9 Å². The number of hydrogen-bond acceptors (Lipinski definition) is 9. The maximum Gasteiger partial charge on any atom is 1.00 e. The van der Waals surface area contributed by atoms with Crippen LogP contribution in [0.15, 0.2) is 126 Å². The first-order valence-electron chi connectivity index (χ1n) is 26.6. The van der Waals surface area contributed by atoms with Crippen LogP contribution in [-0.2, 0) is 27.9 Å². The van der Waals surface area contributed by atoms with Crippen molar-refractivity contribution in [3.63, 3.8) is 0 Å². The summed E-state index contributed by atoms with van der Waals surface area (Å²) in [5.41, 5.74) is 19.8. The number of carbonyl (C=O) groups excluding carboxylic acids is 4. The normalized spacial score (nSPS) is 20.0. The van der Waals surface area contributed by atoms with E-state index in [4.69, 9.17) is 34.9 Å². The minimum atomic E-state index is -2.96. The molecule has 6 atom stereocenters. The van der Waals surface area contributed by atoms with Crippen molar-refractivity contribution < 1.29 is 67.1 Å². The minimum absolute atomic E-state index is 0. The first kappa shape index (κ1) is 67.5. The Hall–Kier alpha value is -4.79. The largest absolute Gasteiger partial charge is 1.00 e. The van der Waals surface area contributed by atoms with Crippen molar-refractivity contribution in [2.45, 2.75) is 167 Å². The molecule has 416 valence electrons. The summed E-state index contributed by atoms with van der Waals surface area (Å²) in [6, 6.07) is 40.0. The Bertz CT molecular complexity index is 2560. The van der Waals surface area contributed by atoms with Crippen molar-refractivity contribution in [3.05, 3.63) is 148 Å². The molecule has 0 saturated carbocycles. The molecule has 6 rings (SSSR count). The number of nitrogens with zero attached hydrogens (tertiary/aromatic N) is 8. The van der Waals surface area contributed by atoms with Crippen LogP contribution in [0.25, 0.3) is 26.4 Å². The SMILES string of the molecule is CC[C@@H](O[Si](c1ccccc1)(c1ccccc1)C(C)(C)C)[C@@]1(C)OC(=O)N(CCCCBr)[C@@H]1C(C)=O.CC[C@@H](O[Si](c1ccccc1)(c1ccccc1)C(C)(C)C)[C@@]1(C)OC(=O)N(CCCCN=[N+]=[N-])[C@@H]1C(C)=O.[N-]=[N+]=[N-].[Na+]. The van der Waals surface area contributed by atoms with Gasteiger partial charge in [0.1, 0.15) is 12.1 Å². The van der Waals surface area contributed by atoms with E-state index in [1.807, 2.05) is 76.2 Å². The fourth-order valence-corrected chi connectivity index (χ4v) is 21.6. The topological polar surface area (TPSA) is 219 Å². The zero-order valence-corrected chi connectivity index (χ0v) is 53.7. The van der Waals surface area contributed by atoms with E-state index in [1.54, 1.807) is 11.8 Å². The Balaban J connectivity index is 0.000000386. The summed E-state index contributed by atoms with van der Waals surface area (Å²) in [7, 11) is -5.88. The Morgan fingerprint density at radius 3 is 1.15 bits per heavy atom. The third-order valence-electron chi connectivity index (χ3n) is 14.8. The molecule has 2 heterocycles. The molecule has 2 aliphatic rings.